The fraction of sp³-hybridized carbons (Fsp3) is 0.400. The molecule has 0 saturated heterocycles. The topological polar surface area (TPSA) is 39.7 Å². The van der Waals surface area contributed by atoms with Crippen LogP contribution in [0.3, 0.4) is 0 Å². The molecule has 0 saturated carbocycles. The Morgan fingerprint density at radius 3 is 3.08 bits per heavy atom. The SMILES string of the molecule is [NH3+]Cc1ccc2c(c1)CNCC2. The number of fused-ring (bicyclic) bond motifs is 1. The van der Waals surface area contributed by atoms with Gasteiger partial charge in [0.05, 0.1) is 6.54 Å². The average molecular weight is 163 g/mol. The predicted octanol–water partition coefficient (Wildman–Crippen LogP) is 0.0742. The first-order valence-electron chi connectivity index (χ1n) is 4.51. The van der Waals surface area contributed by atoms with Crippen molar-refractivity contribution in [2.45, 2.75) is 19.5 Å². The molecule has 0 amide bonds. The van der Waals surface area contributed by atoms with Gasteiger partial charge in [0.2, 0.25) is 0 Å². The molecule has 4 N–H and O–H groups in total. The summed E-state index contributed by atoms with van der Waals surface area (Å²) in [5.41, 5.74) is 8.20. The third-order valence-electron chi connectivity index (χ3n) is 2.45. The lowest BCUT2D eigenvalue weighted by Crippen LogP contribution is -2.47. The van der Waals surface area contributed by atoms with E-state index in [1.54, 1.807) is 0 Å². The highest BCUT2D eigenvalue weighted by atomic mass is 14.9. The maximum absolute atomic E-state index is 3.88. The third kappa shape index (κ3) is 1.36. The first-order valence-corrected chi connectivity index (χ1v) is 4.51. The molecule has 0 aliphatic carbocycles. The van der Waals surface area contributed by atoms with Gasteiger partial charge in [-0.25, -0.2) is 0 Å². The molecule has 0 bridgehead atoms. The smallest absolute Gasteiger partial charge is 0.0997 e. The van der Waals surface area contributed by atoms with Crippen LogP contribution in [0.5, 0.6) is 0 Å². The van der Waals surface area contributed by atoms with Crippen LogP contribution in [0, 0.1) is 0 Å². The van der Waals surface area contributed by atoms with Crippen LogP contribution in [-0.2, 0) is 19.5 Å². The van der Waals surface area contributed by atoms with Gasteiger partial charge < -0.3 is 11.1 Å². The minimum Gasteiger partial charge on any atom is -0.354 e. The molecule has 1 heterocycles. The first kappa shape index (κ1) is 7.77. The van der Waals surface area contributed by atoms with E-state index in [4.69, 9.17) is 0 Å². The molecule has 0 atom stereocenters. The summed E-state index contributed by atoms with van der Waals surface area (Å²) in [6.07, 6.45) is 1.17. The van der Waals surface area contributed by atoms with Crippen LogP contribution >= 0.6 is 0 Å². The molecular weight excluding hydrogens is 148 g/mol. The van der Waals surface area contributed by atoms with Gasteiger partial charge in [0.15, 0.2) is 0 Å². The van der Waals surface area contributed by atoms with Gasteiger partial charge in [-0.2, -0.15) is 0 Å². The maximum atomic E-state index is 3.88. The molecule has 0 unspecified atom stereocenters. The molecule has 64 valence electrons. The van der Waals surface area contributed by atoms with E-state index in [0.717, 1.165) is 19.6 Å². The summed E-state index contributed by atoms with van der Waals surface area (Å²) in [4.78, 5) is 0. The molecule has 2 nitrogen and oxygen atoms in total. The first-order chi connectivity index (χ1) is 5.90. The summed E-state index contributed by atoms with van der Waals surface area (Å²) in [6.45, 7) is 3.05. The van der Waals surface area contributed by atoms with Crippen molar-refractivity contribution in [1.82, 2.24) is 5.32 Å². The summed E-state index contributed by atoms with van der Waals surface area (Å²) in [6, 6.07) is 6.71. The Labute approximate surface area is 72.8 Å². The zero-order valence-electron chi connectivity index (χ0n) is 7.27. The fourth-order valence-electron chi connectivity index (χ4n) is 1.69. The molecule has 0 spiro atoms. The number of rotatable bonds is 1. The van der Waals surface area contributed by atoms with Gasteiger partial charge in [0.1, 0.15) is 0 Å². The van der Waals surface area contributed by atoms with Crippen molar-refractivity contribution in [3.8, 4) is 0 Å². The summed E-state index contributed by atoms with van der Waals surface area (Å²) in [5, 5.41) is 3.37. The molecular formula is C10H15N2+. The lowest BCUT2D eigenvalue weighted by atomic mass is 9.99. The number of quaternary nitrogens is 1. The minimum atomic E-state index is 0.896. The second-order valence-electron chi connectivity index (χ2n) is 3.28. The van der Waals surface area contributed by atoms with Gasteiger partial charge in [-0.05, 0) is 30.2 Å². The molecule has 2 heteroatoms. The van der Waals surface area contributed by atoms with Gasteiger partial charge in [0.25, 0.3) is 0 Å². The van der Waals surface area contributed by atoms with E-state index in [-0.39, 0.29) is 0 Å². The van der Waals surface area contributed by atoms with Crippen LogP contribution in [0.4, 0.5) is 0 Å². The summed E-state index contributed by atoms with van der Waals surface area (Å²) >= 11 is 0. The van der Waals surface area contributed by atoms with E-state index < -0.39 is 0 Å². The van der Waals surface area contributed by atoms with Crippen molar-refractivity contribution in [2.24, 2.45) is 0 Å². The Balaban J connectivity index is 2.36. The van der Waals surface area contributed by atoms with Gasteiger partial charge in [-0.1, -0.05) is 12.1 Å². The Bertz CT molecular complexity index is 281. The van der Waals surface area contributed by atoms with Gasteiger partial charge in [0, 0.05) is 12.1 Å². The van der Waals surface area contributed by atoms with E-state index in [0.29, 0.717) is 0 Å². The van der Waals surface area contributed by atoms with Crippen molar-refractivity contribution in [3.63, 3.8) is 0 Å². The minimum absolute atomic E-state index is 0.896. The molecule has 0 radical (unpaired) electrons. The van der Waals surface area contributed by atoms with Crippen molar-refractivity contribution in [2.75, 3.05) is 6.54 Å². The molecule has 1 aliphatic heterocycles. The number of hydrogen-bond acceptors (Lipinski definition) is 1. The number of nitrogens with one attached hydrogen (secondary N) is 1. The Kier molecular flexibility index (Phi) is 2.11. The molecule has 1 aliphatic rings. The molecule has 1 aromatic rings. The highest BCUT2D eigenvalue weighted by Crippen LogP contribution is 2.14. The number of benzene rings is 1. The van der Waals surface area contributed by atoms with Crippen molar-refractivity contribution < 1.29 is 5.73 Å². The predicted molar refractivity (Wildman–Crippen MR) is 48.4 cm³/mol. The van der Waals surface area contributed by atoms with Crippen molar-refractivity contribution in [3.05, 3.63) is 34.9 Å². The van der Waals surface area contributed by atoms with Gasteiger partial charge in [-0.3, -0.25) is 0 Å². The monoisotopic (exact) mass is 163 g/mol. The lowest BCUT2D eigenvalue weighted by molar-refractivity contribution is -0.386. The van der Waals surface area contributed by atoms with E-state index >= 15 is 0 Å². The molecule has 1 aromatic carbocycles. The average Bonchev–Trinajstić information content (AvgIpc) is 2.17. The molecule has 0 aromatic heterocycles. The van der Waals surface area contributed by atoms with Crippen LogP contribution in [0.1, 0.15) is 16.7 Å². The number of hydrogen-bond donors (Lipinski definition) is 2. The van der Waals surface area contributed by atoms with Crippen LogP contribution < -0.4 is 11.1 Å². The van der Waals surface area contributed by atoms with E-state index in [2.05, 4.69) is 29.2 Å². The maximum Gasteiger partial charge on any atom is 0.0997 e. The van der Waals surface area contributed by atoms with Crippen LogP contribution in [0.2, 0.25) is 0 Å². The highest BCUT2D eigenvalue weighted by molar-refractivity contribution is 5.33. The quantitative estimate of drug-likeness (QED) is 0.604. The van der Waals surface area contributed by atoms with Crippen molar-refractivity contribution in [1.29, 1.82) is 0 Å². The van der Waals surface area contributed by atoms with Gasteiger partial charge >= 0.3 is 0 Å². The van der Waals surface area contributed by atoms with Gasteiger partial charge in [-0.15, -0.1) is 0 Å². The molecule has 0 fully saturated rings. The van der Waals surface area contributed by atoms with Crippen LogP contribution in [0.15, 0.2) is 18.2 Å². The van der Waals surface area contributed by atoms with Crippen LogP contribution in [0.25, 0.3) is 0 Å². The van der Waals surface area contributed by atoms with E-state index in [9.17, 15) is 0 Å². The summed E-state index contributed by atoms with van der Waals surface area (Å²) < 4.78 is 0. The normalized spacial score (nSPS) is 15.8. The third-order valence-corrected chi connectivity index (χ3v) is 2.45. The van der Waals surface area contributed by atoms with Crippen molar-refractivity contribution >= 4 is 0 Å². The molecule has 2 rings (SSSR count). The standard InChI is InChI=1S/C10H14N2/c11-6-8-1-2-9-3-4-12-7-10(9)5-8/h1-2,5,12H,3-4,6-7,11H2/p+1. The largest absolute Gasteiger partial charge is 0.354 e. The summed E-state index contributed by atoms with van der Waals surface area (Å²) in [5.74, 6) is 0. The lowest BCUT2D eigenvalue weighted by Gasteiger charge is -2.17. The Morgan fingerprint density at radius 2 is 2.25 bits per heavy atom. The second kappa shape index (κ2) is 3.25. The highest BCUT2D eigenvalue weighted by Gasteiger charge is 2.08. The van der Waals surface area contributed by atoms with E-state index in [1.807, 2.05) is 0 Å². The molecule has 12 heavy (non-hydrogen) atoms. The zero-order valence-corrected chi connectivity index (χ0v) is 7.27. The fourth-order valence-corrected chi connectivity index (χ4v) is 1.69. The Morgan fingerprint density at radius 1 is 1.33 bits per heavy atom. The van der Waals surface area contributed by atoms with E-state index in [1.165, 1.54) is 23.1 Å². The zero-order chi connectivity index (χ0) is 8.39. The Hall–Kier alpha value is -0.860. The summed E-state index contributed by atoms with van der Waals surface area (Å²) in [7, 11) is 0. The van der Waals surface area contributed by atoms with Crippen LogP contribution in [-0.4, -0.2) is 6.54 Å². The second-order valence-corrected chi connectivity index (χ2v) is 3.28.